The second-order valence-electron chi connectivity index (χ2n) is 3.90. The fourth-order valence-corrected chi connectivity index (χ4v) is 3.42. The third-order valence-corrected chi connectivity index (χ3v) is 4.75. The van der Waals surface area contributed by atoms with Crippen LogP contribution < -0.4 is 0 Å². The molecule has 3 nitrogen and oxygen atoms in total. The molecule has 1 N–H and O–H groups in total. The van der Waals surface area contributed by atoms with Gasteiger partial charge >= 0.3 is 5.97 Å². The summed E-state index contributed by atoms with van der Waals surface area (Å²) in [6, 6.07) is 5.11. The Morgan fingerprint density at radius 2 is 2.41 bits per heavy atom. The van der Waals surface area contributed by atoms with Crippen molar-refractivity contribution in [2.45, 2.75) is 23.8 Å². The fraction of sp³-hybridized carbons (Fsp3) is 0.417. The van der Waals surface area contributed by atoms with Crippen LogP contribution in [0, 0.1) is 0 Å². The van der Waals surface area contributed by atoms with Gasteiger partial charge in [-0.2, -0.15) is 0 Å². The molecule has 1 aromatic carbocycles. The van der Waals surface area contributed by atoms with Gasteiger partial charge in [-0.3, -0.25) is 0 Å². The van der Waals surface area contributed by atoms with Crippen molar-refractivity contribution in [2.75, 3.05) is 12.4 Å². The van der Waals surface area contributed by atoms with Gasteiger partial charge in [0.15, 0.2) is 0 Å². The lowest BCUT2D eigenvalue weighted by atomic mass is 10.2. The van der Waals surface area contributed by atoms with Crippen LogP contribution in [-0.2, 0) is 4.74 Å². The summed E-state index contributed by atoms with van der Waals surface area (Å²) in [6.45, 7) is 0.865. The average Bonchev–Trinajstić information content (AvgIpc) is 2.80. The highest BCUT2D eigenvalue weighted by Crippen LogP contribution is 2.30. The molecule has 1 fully saturated rings. The molecule has 92 valence electrons. The third-order valence-electron chi connectivity index (χ3n) is 2.63. The molecule has 1 aliphatic heterocycles. The van der Waals surface area contributed by atoms with E-state index in [1.54, 1.807) is 23.9 Å². The van der Waals surface area contributed by atoms with Crippen molar-refractivity contribution < 1.29 is 14.6 Å². The van der Waals surface area contributed by atoms with E-state index < -0.39 is 5.97 Å². The summed E-state index contributed by atoms with van der Waals surface area (Å²) in [5.74, 6) is 0.0201. The zero-order valence-corrected chi connectivity index (χ0v) is 11.6. The predicted molar refractivity (Wildman–Crippen MR) is 70.8 cm³/mol. The van der Waals surface area contributed by atoms with E-state index in [0.29, 0.717) is 11.7 Å². The highest BCUT2D eigenvalue weighted by atomic mass is 79.9. The number of thioether (sulfide) groups is 1. The Hall–Kier alpha value is -0.520. The van der Waals surface area contributed by atoms with Crippen LogP contribution in [-0.4, -0.2) is 29.5 Å². The normalized spacial score (nSPS) is 19.5. The maximum atomic E-state index is 10.8. The van der Waals surface area contributed by atoms with Gasteiger partial charge in [0.05, 0.1) is 11.7 Å². The van der Waals surface area contributed by atoms with Crippen LogP contribution >= 0.6 is 27.7 Å². The number of hydrogen-bond acceptors (Lipinski definition) is 3. The van der Waals surface area contributed by atoms with E-state index in [-0.39, 0.29) is 0 Å². The average molecular weight is 317 g/mol. The largest absolute Gasteiger partial charge is 0.478 e. The van der Waals surface area contributed by atoms with Gasteiger partial charge in [0.2, 0.25) is 0 Å². The second-order valence-corrected chi connectivity index (χ2v) is 5.81. The molecule has 0 spiro atoms. The minimum atomic E-state index is -0.902. The molecule has 1 unspecified atom stereocenters. The SMILES string of the molecule is O=C(O)c1ccc(SCC2CCCO2)c(Br)c1. The van der Waals surface area contributed by atoms with Gasteiger partial charge in [-0.25, -0.2) is 4.79 Å². The van der Waals surface area contributed by atoms with Gasteiger partial charge < -0.3 is 9.84 Å². The summed E-state index contributed by atoms with van der Waals surface area (Å²) in [4.78, 5) is 11.8. The molecule has 0 aromatic heterocycles. The van der Waals surface area contributed by atoms with Gasteiger partial charge in [0.25, 0.3) is 0 Å². The standard InChI is InChI=1S/C12H13BrO3S/c13-10-6-8(12(14)15)3-4-11(10)17-7-9-2-1-5-16-9/h3-4,6,9H,1-2,5,7H2,(H,14,15). The van der Waals surface area contributed by atoms with Crippen molar-refractivity contribution in [1.29, 1.82) is 0 Å². The van der Waals surface area contributed by atoms with E-state index in [9.17, 15) is 4.79 Å². The number of benzene rings is 1. The van der Waals surface area contributed by atoms with Gasteiger partial charge in [-0.05, 0) is 47.0 Å². The first-order valence-electron chi connectivity index (χ1n) is 5.44. The van der Waals surface area contributed by atoms with Crippen LogP contribution in [0.2, 0.25) is 0 Å². The van der Waals surface area contributed by atoms with E-state index in [1.165, 1.54) is 0 Å². The summed E-state index contributed by atoms with van der Waals surface area (Å²) in [5.41, 5.74) is 0.304. The van der Waals surface area contributed by atoms with Crippen molar-refractivity contribution in [3.63, 3.8) is 0 Å². The smallest absolute Gasteiger partial charge is 0.335 e. The molecule has 1 atom stereocenters. The van der Waals surface area contributed by atoms with Crippen LogP contribution in [0.1, 0.15) is 23.2 Å². The Balaban J connectivity index is 1.98. The minimum absolute atomic E-state index is 0.304. The molecule has 1 aliphatic rings. The molecular weight excluding hydrogens is 304 g/mol. The number of ether oxygens (including phenoxy) is 1. The van der Waals surface area contributed by atoms with Gasteiger partial charge in [-0.15, -0.1) is 11.8 Å². The molecule has 17 heavy (non-hydrogen) atoms. The second kappa shape index (κ2) is 5.89. The summed E-state index contributed by atoms with van der Waals surface area (Å²) < 4.78 is 6.38. The Morgan fingerprint density at radius 3 is 3.00 bits per heavy atom. The number of hydrogen-bond donors (Lipinski definition) is 1. The lowest BCUT2D eigenvalue weighted by Gasteiger charge is -2.10. The summed E-state index contributed by atoms with van der Waals surface area (Å²) in [6.07, 6.45) is 2.60. The van der Waals surface area contributed by atoms with Crippen LogP contribution in [0.25, 0.3) is 0 Å². The Bertz CT molecular complexity index is 416. The monoisotopic (exact) mass is 316 g/mol. The Morgan fingerprint density at radius 1 is 1.59 bits per heavy atom. The van der Waals surface area contributed by atoms with Gasteiger partial charge in [0, 0.05) is 21.7 Å². The maximum Gasteiger partial charge on any atom is 0.335 e. The zero-order valence-electron chi connectivity index (χ0n) is 9.19. The number of aromatic carboxylic acids is 1. The Kier molecular flexibility index (Phi) is 4.48. The quantitative estimate of drug-likeness (QED) is 0.865. The van der Waals surface area contributed by atoms with E-state index >= 15 is 0 Å². The van der Waals surface area contributed by atoms with E-state index in [1.807, 2.05) is 6.07 Å². The van der Waals surface area contributed by atoms with Crippen molar-refractivity contribution in [3.05, 3.63) is 28.2 Å². The van der Waals surface area contributed by atoms with E-state index in [2.05, 4.69) is 15.9 Å². The highest BCUT2D eigenvalue weighted by molar-refractivity contribution is 9.10. The Labute approximate surface area is 113 Å². The van der Waals surface area contributed by atoms with Gasteiger partial charge in [-0.1, -0.05) is 0 Å². The third kappa shape index (κ3) is 3.47. The number of carboxylic acids is 1. The molecule has 0 radical (unpaired) electrons. The number of carboxylic acid groups (broad SMARTS) is 1. The van der Waals surface area contributed by atoms with Crippen molar-refractivity contribution in [1.82, 2.24) is 0 Å². The number of carbonyl (C=O) groups is 1. The predicted octanol–water partition coefficient (Wildman–Crippen LogP) is 3.42. The first kappa shape index (κ1) is 12.9. The number of halogens is 1. The van der Waals surface area contributed by atoms with Crippen LogP contribution in [0.4, 0.5) is 0 Å². The van der Waals surface area contributed by atoms with Crippen molar-refractivity contribution in [2.24, 2.45) is 0 Å². The molecule has 0 aliphatic carbocycles. The zero-order chi connectivity index (χ0) is 12.3. The molecule has 0 amide bonds. The van der Waals surface area contributed by atoms with Crippen LogP contribution in [0.5, 0.6) is 0 Å². The summed E-state index contributed by atoms with van der Waals surface area (Å²) in [7, 11) is 0. The highest BCUT2D eigenvalue weighted by Gasteiger charge is 2.16. The van der Waals surface area contributed by atoms with Crippen LogP contribution in [0.3, 0.4) is 0 Å². The minimum Gasteiger partial charge on any atom is -0.478 e. The molecule has 0 saturated carbocycles. The molecule has 1 saturated heterocycles. The van der Waals surface area contributed by atoms with Crippen molar-refractivity contribution in [3.8, 4) is 0 Å². The molecule has 1 aromatic rings. The topological polar surface area (TPSA) is 46.5 Å². The molecule has 5 heteroatoms. The van der Waals surface area contributed by atoms with E-state index in [0.717, 1.165) is 34.6 Å². The summed E-state index contributed by atoms with van der Waals surface area (Å²) in [5, 5.41) is 8.86. The molecular formula is C12H13BrO3S. The molecule has 0 bridgehead atoms. The summed E-state index contributed by atoms with van der Waals surface area (Å²) >= 11 is 5.10. The lowest BCUT2D eigenvalue weighted by Crippen LogP contribution is -2.07. The molecule has 2 rings (SSSR count). The number of rotatable bonds is 4. The maximum absolute atomic E-state index is 10.8. The fourth-order valence-electron chi connectivity index (χ4n) is 1.71. The van der Waals surface area contributed by atoms with E-state index in [4.69, 9.17) is 9.84 Å². The van der Waals surface area contributed by atoms with Gasteiger partial charge in [0.1, 0.15) is 0 Å². The van der Waals surface area contributed by atoms with Crippen LogP contribution in [0.15, 0.2) is 27.6 Å². The first-order chi connectivity index (χ1) is 8.16. The first-order valence-corrected chi connectivity index (χ1v) is 7.22. The lowest BCUT2D eigenvalue weighted by molar-refractivity contribution is 0.0696. The van der Waals surface area contributed by atoms with Crippen molar-refractivity contribution >= 4 is 33.7 Å². The molecule has 1 heterocycles.